The van der Waals surface area contributed by atoms with Gasteiger partial charge in [0.1, 0.15) is 11.4 Å². The molecule has 0 saturated carbocycles. The summed E-state index contributed by atoms with van der Waals surface area (Å²) in [5.41, 5.74) is 1.82. The molecule has 0 saturated heterocycles. The van der Waals surface area contributed by atoms with Gasteiger partial charge in [-0.2, -0.15) is 0 Å². The monoisotopic (exact) mass is 306 g/mol. The summed E-state index contributed by atoms with van der Waals surface area (Å²) in [4.78, 5) is 5.34. The molecule has 0 bridgehead atoms. The number of aliphatic imine (C=N–C) groups is 1. The zero-order valence-corrected chi connectivity index (χ0v) is 11.3. The molecule has 0 fully saturated rings. The van der Waals surface area contributed by atoms with Crippen LogP contribution in [-0.2, 0) is 0 Å². The molecule has 0 aliphatic carbocycles. The molecule has 1 N–H and O–H groups in total. The van der Waals surface area contributed by atoms with E-state index in [9.17, 15) is 0 Å². The molecular weight excluding hydrogens is 300 g/mol. The fraction of sp³-hybridized carbons (Fsp3) is 0.222. The Labute approximate surface area is 106 Å². The minimum absolute atomic E-state index is 0.681. The van der Waals surface area contributed by atoms with E-state index in [1.165, 1.54) is 11.9 Å². The van der Waals surface area contributed by atoms with Crippen molar-refractivity contribution < 1.29 is 4.74 Å². The van der Waals surface area contributed by atoms with Gasteiger partial charge < -0.3 is 9.46 Å². The highest BCUT2D eigenvalue weighted by molar-refractivity contribution is 9.18. The molecular formula is C9H8BrClN2OS. The van der Waals surface area contributed by atoms with Crippen LogP contribution in [0.1, 0.15) is 5.56 Å². The molecule has 1 aliphatic rings. The number of ether oxygens (including phenoxy) is 1. The third kappa shape index (κ3) is 1.96. The fourth-order valence-electron chi connectivity index (χ4n) is 1.29. The Morgan fingerprint density at radius 3 is 3.00 bits per heavy atom. The average Bonchev–Trinajstić information content (AvgIpc) is 2.23. The summed E-state index contributed by atoms with van der Waals surface area (Å²) in [6, 6.07) is 1.78. The molecule has 0 spiro atoms. The standard InChI is InChI=1S/C9H8BrClN2OS/c1-4-5(11)3-6(14-2)7-8(4)15-13-9(10)12-7/h3H,1-2H3,(H,12,13). The van der Waals surface area contributed by atoms with Gasteiger partial charge in [-0.05, 0) is 40.4 Å². The van der Waals surface area contributed by atoms with Crippen molar-refractivity contribution in [1.82, 2.24) is 4.72 Å². The van der Waals surface area contributed by atoms with Crippen LogP contribution in [0.3, 0.4) is 0 Å². The van der Waals surface area contributed by atoms with Crippen molar-refractivity contribution in [2.24, 2.45) is 4.99 Å². The lowest BCUT2D eigenvalue weighted by Gasteiger charge is -2.18. The number of amidine groups is 1. The number of nitrogens with one attached hydrogen (secondary N) is 1. The Morgan fingerprint density at radius 1 is 1.60 bits per heavy atom. The summed E-state index contributed by atoms with van der Waals surface area (Å²) >= 11 is 10.9. The van der Waals surface area contributed by atoms with Gasteiger partial charge in [0.15, 0.2) is 4.74 Å². The molecule has 15 heavy (non-hydrogen) atoms. The normalized spacial score (nSPS) is 14.0. The second-order valence-corrected chi connectivity index (χ2v) is 4.94. The van der Waals surface area contributed by atoms with Crippen LogP contribution in [0.4, 0.5) is 5.69 Å². The smallest absolute Gasteiger partial charge is 0.181 e. The van der Waals surface area contributed by atoms with Gasteiger partial charge in [0.25, 0.3) is 0 Å². The van der Waals surface area contributed by atoms with Gasteiger partial charge >= 0.3 is 0 Å². The molecule has 3 nitrogen and oxygen atoms in total. The first-order valence-corrected chi connectivity index (χ1v) is 6.16. The van der Waals surface area contributed by atoms with Gasteiger partial charge in [-0.3, -0.25) is 0 Å². The Hall–Kier alpha value is -0.390. The third-order valence-corrected chi connectivity index (χ3v) is 4.10. The van der Waals surface area contributed by atoms with Gasteiger partial charge in [0.05, 0.1) is 12.0 Å². The maximum absolute atomic E-state index is 6.08. The molecule has 1 aromatic rings. The second-order valence-electron chi connectivity index (χ2n) is 2.97. The van der Waals surface area contributed by atoms with Crippen molar-refractivity contribution in [3.8, 4) is 5.75 Å². The highest BCUT2D eigenvalue weighted by Crippen LogP contribution is 2.44. The number of hydrogen-bond acceptors (Lipinski definition) is 4. The van der Waals surface area contributed by atoms with E-state index in [0.717, 1.165) is 16.1 Å². The van der Waals surface area contributed by atoms with Gasteiger partial charge in [-0.15, -0.1) is 0 Å². The maximum atomic E-state index is 6.08. The van der Waals surface area contributed by atoms with E-state index in [0.29, 0.717) is 15.5 Å². The van der Waals surface area contributed by atoms with Gasteiger partial charge in [0.2, 0.25) is 0 Å². The first-order valence-electron chi connectivity index (χ1n) is 4.17. The van der Waals surface area contributed by atoms with Gasteiger partial charge in [0, 0.05) is 11.1 Å². The SMILES string of the molecule is COc1cc(Cl)c(C)c2c1N=C(Br)NS2. The first kappa shape index (κ1) is 11.1. The fourth-order valence-corrected chi connectivity index (χ4v) is 2.70. The minimum atomic E-state index is 0.681. The van der Waals surface area contributed by atoms with E-state index in [4.69, 9.17) is 16.3 Å². The summed E-state index contributed by atoms with van der Waals surface area (Å²) in [5.74, 6) is 0.687. The number of fused-ring (bicyclic) bond motifs is 1. The lowest BCUT2D eigenvalue weighted by Crippen LogP contribution is -2.12. The van der Waals surface area contributed by atoms with Gasteiger partial charge in [-0.25, -0.2) is 4.99 Å². The topological polar surface area (TPSA) is 33.6 Å². The Kier molecular flexibility index (Phi) is 3.13. The van der Waals surface area contributed by atoms with E-state index in [1.54, 1.807) is 13.2 Å². The summed E-state index contributed by atoms with van der Waals surface area (Å²) in [7, 11) is 1.61. The molecule has 0 unspecified atom stereocenters. The van der Waals surface area contributed by atoms with Crippen molar-refractivity contribution in [1.29, 1.82) is 0 Å². The van der Waals surface area contributed by atoms with E-state index >= 15 is 0 Å². The van der Waals surface area contributed by atoms with Crippen LogP contribution in [-0.4, -0.2) is 11.9 Å². The molecule has 0 aromatic heterocycles. The maximum Gasteiger partial charge on any atom is 0.181 e. The molecule has 6 heteroatoms. The molecule has 1 aliphatic heterocycles. The van der Waals surface area contributed by atoms with Crippen LogP contribution in [0, 0.1) is 6.92 Å². The van der Waals surface area contributed by atoms with Crippen molar-refractivity contribution in [2.45, 2.75) is 11.8 Å². The molecule has 0 atom stereocenters. The minimum Gasteiger partial charge on any atom is -0.494 e. The van der Waals surface area contributed by atoms with E-state index in [2.05, 4.69) is 25.6 Å². The molecule has 80 valence electrons. The third-order valence-electron chi connectivity index (χ3n) is 2.07. The lowest BCUT2D eigenvalue weighted by molar-refractivity contribution is 0.415. The molecule has 1 aromatic carbocycles. The van der Waals surface area contributed by atoms with Gasteiger partial charge in [-0.1, -0.05) is 11.6 Å². The molecule has 1 heterocycles. The quantitative estimate of drug-likeness (QED) is 0.635. The largest absolute Gasteiger partial charge is 0.494 e. The van der Waals surface area contributed by atoms with Crippen LogP contribution in [0.5, 0.6) is 5.75 Å². The van der Waals surface area contributed by atoms with Crippen LogP contribution >= 0.6 is 39.5 Å². The molecule has 0 radical (unpaired) electrons. The lowest BCUT2D eigenvalue weighted by atomic mass is 10.2. The van der Waals surface area contributed by atoms with Crippen LogP contribution < -0.4 is 9.46 Å². The number of nitrogens with zero attached hydrogens (tertiary/aromatic N) is 1. The van der Waals surface area contributed by atoms with Crippen molar-refractivity contribution in [2.75, 3.05) is 7.11 Å². The second kappa shape index (κ2) is 4.23. The number of halogens is 2. The summed E-state index contributed by atoms with van der Waals surface area (Å²) in [6.07, 6.45) is 0. The summed E-state index contributed by atoms with van der Waals surface area (Å²) in [5, 5.41) is 0.688. The molecule has 0 amide bonds. The van der Waals surface area contributed by atoms with Crippen LogP contribution in [0.25, 0.3) is 0 Å². The Balaban J connectivity index is 2.68. The van der Waals surface area contributed by atoms with E-state index in [-0.39, 0.29) is 0 Å². The summed E-state index contributed by atoms with van der Waals surface area (Å²) < 4.78 is 8.95. The number of hydrogen-bond donors (Lipinski definition) is 1. The summed E-state index contributed by atoms with van der Waals surface area (Å²) in [6.45, 7) is 1.96. The Morgan fingerprint density at radius 2 is 2.33 bits per heavy atom. The van der Waals surface area contributed by atoms with E-state index in [1.807, 2.05) is 6.92 Å². The zero-order chi connectivity index (χ0) is 11.0. The highest BCUT2D eigenvalue weighted by Gasteiger charge is 2.19. The average molecular weight is 308 g/mol. The molecule has 2 rings (SSSR count). The number of benzene rings is 1. The van der Waals surface area contributed by atoms with Crippen molar-refractivity contribution >= 4 is 49.9 Å². The number of methoxy groups -OCH3 is 1. The van der Waals surface area contributed by atoms with Crippen molar-refractivity contribution in [3.63, 3.8) is 0 Å². The van der Waals surface area contributed by atoms with Crippen molar-refractivity contribution in [3.05, 3.63) is 16.7 Å². The zero-order valence-electron chi connectivity index (χ0n) is 8.10. The van der Waals surface area contributed by atoms with E-state index < -0.39 is 0 Å². The van der Waals surface area contributed by atoms with Crippen LogP contribution in [0.2, 0.25) is 5.02 Å². The predicted octanol–water partition coefficient (Wildman–Crippen LogP) is 3.65. The predicted molar refractivity (Wildman–Crippen MR) is 67.8 cm³/mol. The first-order chi connectivity index (χ1) is 7.13. The Bertz CT molecular complexity index is 450. The van der Waals surface area contributed by atoms with Crippen LogP contribution in [0.15, 0.2) is 16.0 Å². The number of rotatable bonds is 1. The highest BCUT2D eigenvalue weighted by atomic mass is 79.9.